The predicted molar refractivity (Wildman–Crippen MR) is 140 cm³/mol. The van der Waals surface area contributed by atoms with E-state index in [0.717, 1.165) is 39.9 Å². The van der Waals surface area contributed by atoms with Crippen molar-refractivity contribution in [3.8, 4) is 11.1 Å². The van der Waals surface area contributed by atoms with Gasteiger partial charge in [0.15, 0.2) is 0 Å². The highest BCUT2D eigenvalue weighted by Gasteiger charge is 2.30. The molecule has 5 aromatic rings. The van der Waals surface area contributed by atoms with Crippen LogP contribution in [-0.2, 0) is 6.18 Å². The molecule has 2 heterocycles. The van der Waals surface area contributed by atoms with Crippen molar-refractivity contribution in [1.82, 2.24) is 15.0 Å². The van der Waals surface area contributed by atoms with E-state index in [0.29, 0.717) is 23.0 Å². The summed E-state index contributed by atoms with van der Waals surface area (Å²) in [4.78, 5) is 13.3. The van der Waals surface area contributed by atoms with Crippen LogP contribution in [0.1, 0.15) is 17.0 Å². The first-order chi connectivity index (χ1) is 17.8. The molecule has 0 spiro atoms. The number of alkyl halides is 3. The second kappa shape index (κ2) is 10.1. The number of hydrogen-bond acceptors (Lipinski definition) is 6. The molecule has 0 fully saturated rings. The van der Waals surface area contributed by atoms with Crippen LogP contribution in [0.15, 0.2) is 96.2 Å². The van der Waals surface area contributed by atoms with Crippen molar-refractivity contribution in [3.63, 3.8) is 0 Å². The van der Waals surface area contributed by atoms with Crippen molar-refractivity contribution in [2.45, 2.75) is 13.1 Å². The van der Waals surface area contributed by atoms with Gasteiger partial charge < -0.3 is 5.32 Å². The van der Waals surface area contributed by atoms with Crippen LogP contribution in [0.2, 0.25) is 0 Å². The fourth-order valence-electron chi connectivity index (χ4n) is 3.80. The van der Waals surface area contributed by atoms with Crippen molar-refractivity contribution in [1.29, 1.82) is 0 Å². The number of pyridine rings is 1. The van der Waals surface area contributed by atoms with Crippen LogP contribution in [0.25, 0.3) is 22.0 Å². The van der Waals surface area contributed by atoms with Gasteiger partial charge in [0.25, 0.3) is 0 Å². The van der Waals surface area contributed by atoms with Crippen LogP contribution in [0.3, 0.4) is 0 Å². The maximum absolute atomic E-state index is 12.9. The highest BCUT2D eigenvalue weighted by molar-refractivity contribution is 5.86. The van der Waals surface area contributed by atoms with Gasteiger partial charge >= 0.3 is 6.18 Å². The van der Waals surface area contributed by atoms with E-state index in [-0.39, 0.29) is 0 Å². The van der Waals surface area contributed by atoms with Gasteiger partial charge in [-0.05, 0) is 54.4 Å². The van der Waals surface area contributed by atoms with Crippen LogP contribution < -0.4 is 10.7 Å². The summed E-state index contributed by atoms with van der Waals surface area (Å²) in [7, 11) is 0. The molecule has 0 radical (unpaired) electrons. The Hall–Kier alpha value is -4.79. The number of aryl methyl sites for hydroxylation is 1. The van der Waals surface area contributed by atoms with E-state index in [2.05, 4.69) is 36.9 Å². The summed E-state index contributed by atoms with van der Waals surface area (Å²) >= 11 is 0. The first kappa shape index (κ1) is 23.9. The maximum Gasteiger partial charge on any atom is 0.416 e. The fraction of sp³-hybridized carbons (Fsp3) is 0.0714. The van der Waals surface area contributed by atoms with Crippen LogP contribution in [0.4, 0.5) is 30.5 Å². The van der Waals surface area contributed by atoms with Gasteiger partial charge in [-0.1, -0.05) is 48.5 Å². The van der Waals surface area contributed by atoms with E-state index in [1.165, 1.54) is 18.5 Å². The number of fused-ring (bicyclic) bond motifs is 1. The summed E-state index contributed by atoms with van der Waals surface area (Å²) < 4.78 is 38.8. The summed E-state index contributed by atoms with van der Waals surface area (Å²) in [6.07, 6.45) is -1.37. The largest absolute Gasteiger partial charge is 0.416 e. The molecule has 0 atom stereocenters. The Morgan fingerprint density at radius 1 is 0.811 bits per heavy atom. The Balaban J connectivity index is 1.27. The highest BCUT2D eigenvalue weighted by atomic mass is 19.4. The molecule has 2 aromatic heterocycles. The standard InChI is InChI=1S/C28H21F3N6/c1-18-25-13-10-20(19-6-3-2-4-7-19)14-26(25)36-27(34-18)37-33-17-23-11-12-24(16-32-23)35-22-9-5-8-21(15-22)28(29,30)31/h2-17,35H,1H3,(H,34,36,37)/b33-17+. The number of rotatable bonds is 6. The number of benzene rings is 3. The molecule has 0 unspecified atom stereocenters. The smallest absolute Gasteiger partial charge is 0.354 e. The Kier molecular flexibility index (Phi) is 6.51. The summed E-state index contributed by atoms with van der Waals surface area (Å²) in [5, 5.41) is 8.07. The zero-order valence-corrected chi connectivity index (χ0v) is 19.7. The van der Waals surface area contributed by atoms with Gasteiger partial charge in [0.05, 0.1) is 40.6 Å². The van der Waals surface area contributed by atoms with Gasteiger partial charge in [0.2, 0.25) is 5.95 Å². The number of nitrogens with one attached hydrogen (secondary N) is 2. The van der Waals surface area contributed by atoms with Gasteiger partial charge in [0, 0.05) is 11.1 Å². The third-order valence-electron chi connectivity index (χ3n) is 5.62. The normalized spacial score (nSPS) is 11.7. The van der Waals surface area contributed by atoms with Crippen molar-refractivity contribution in [2.24, 2.45) is 5.10 Å². The lowest BCUT2D eigenvalue weighted by Gasteiger charge is -2.10. The van der Waals surface area contributed by atoms with E-state index < -0.39 is 11.7 Å². The molecular weight excluding hydrogens is 477 g/mol. The molecule has 0 aliphatic heterocycles. The number of nitrogens with zero attached hydrogens (tertiary/aromatic N) is 4. The minimum absolute atomic E-state index is 0.318. The van der Waals surface area contributed by atoms with Crippen molar-refractivity contribution in [2.75, 3.05) is 10.7 Å². The summed E-state index contributed by atoms with van der Waals surface area (Å²) in [6, 6.07) is 24.5. The average Bonchev–Trinajstić information content (AvgIpc) is 2.90. The molecular formula is C28H21F3N6. The second-order valence-corrected chi connectivity index (χ2v) is 8.28. The summed E-state index contributed by atoms with van der Waals surface area (Å²) in [6.45, 7) is 1.92. The van der Waals surface area contributed by atoms with Gasteiger partial charge in [-0.2, -0.15) is 18.3 Å². The number of aromatic nitrogens is 3. The van der Waals surface area contributed by atoms with Gasteiger partial charge in [-0.25, -0.2) is 15.4 Å². The predicted octanol–water partition coefficient (Wildman–Crippen LogP) is 7.21. The van der Waals surface area contributed by atoms with Crippen molar-refractivity contribution in [3.05, 3.63) is 108 Å². The molecule has 37 heavy (non-hydrogen) atoms. The molecule has 3 aromatic carbocycles. The SMILES string of the molecule is Cc1nc(N/N=C/c2ccc(Nc3cccc(C(F)(F)F)c3)cn2)nc2cc(-c3ccccc3)ccc12. The molecule has 0 aliphatic carbocycles. The van der Waals surface area contributed by atoms with Crippen LogP contribution in [0.5, 0.6) is 0 Å². The van der Waals surface area contributed by atoms with E-state index in [4.69, 9.17) is 0 Å². The third-order valence-corrected chi connectivity index (χ3v) is 5.62. The molecule has 0 bridgehead atoms. The molecule has 0 amide bonds. The monoisotopic (exact) mass is 498 g/mol. The summed E-state index contributed by atoms with van der Waals surface area (Å²) in [5.74, 6) is 0.356. The third kappa shape index (κ3) is 5.72. The Morgan fingerprint density at radius 3 is 2.41 bits per heavy atom. The van der Waals surface area contributed by atoms with Crippen LogP contribution in [-0.4, -0.2) is 21.2 Å². The second-order valence-electron chi connectivity index (χ2n) is 8.28. The molecule has 6 nitrogen and oxygen atoms in total. The molecule has 0 aliphatic rings. The first-order valence-corrected chi connectivity index (χ1v) is 11.4. The van der Waals surface area contributed by atoms with Gasteiger partial charge in [0.1, 0.15) is 0 Å². The van der Waals surface area contributed by atoms with Gasteiger partial charge in [-0.3, -0.25) is 4.98 Å². The lowest BCUT2D eigenvalue weighted by molar-refractivity contribution is -0.137. The lowest BCUT2D eigenvalue weighted by atomic mass is 10.0. The Morgan fingerprint density at radius 2 is 1.65 bits per heavy atom. The summed E-state index contributed by atoms with van der Waals surface area (Å²) in [5.41, 5.74) is 7.33. The average molecular weight is 499 g/mol. The lowest BCUT2D eigenvalue weighted by Crippen LogP contribution is -2.05. The number of hydrogen-bond donors (Lipinski definition) is 2. The zero-order valence-electron chi connectivity index (χ0n) is 19.7. The number of halogens is 3. The fourth-order valence-corrected chi connectivity index (χ4v) is 3.80. The molecule has 9 heteroatoms. The number of hydrazone groups is 1. The molecule has 0 saturated heterocycles. The maximum atomic E-state index is 12.9. The first-order valence-electron chi connectivity index (χ1n) is 11.4. The molecule has 5 rings (SSSR count). The van der Waals surface area contributed by atoms with Crippen LogP contribution >= 0.6 is 0 Å². The van der Waals surface area contributed by atoms with Crippen molar-refractivity contribution < 1.29 is 13.2 Å². The van der Waals surface area contributed by atoms with E-state index in [1.54, 1.807) is 18.2 Å². The number of anilines is 3. The van der Waals surface area contributed by atoms with E-state index in [1.807, 2.05) is 49.4 Å². The quantitative estimate of drug-likeness (QED) is 0.191. The highest BCUT2D eigenvalue weighted by Crippen LogP contribution is 2.31. The van der Waals surface area contributed by atoms with Gasteiger partial charge in [-0.15, -0.1) is 0 Å². The minimum Gasteiger partial charge on any atom is -0.354 e. The topological polar surface area (TPSA) is 75.1 Å². The molecule has 2 N–H and O–H groups in total. The van der Waals surface area contributed by atoms with E-state index >= 15 is 0 Å². The minimum atomic E-state index is -4.40. The molecule has 0 saturated carbocycles. The Bertz CT molecular complexity index is 1570. The molecule has 184 valence electrons. The van der Waals surface area contributed by atoms with Crippen LogP contribution in [0, 0.1) is 6.92 Å². The Labute approximate surface area is 210 Å². The van der Waals surface area contributed by atoms with E-state index in [9.17, 15) is 13.2 Å². The zero-order chi connectivity index (χ0) is 25.8. The van der Waals surface area contributed by atoms with Crippen molar-refractivity contribution >= 4 is 34.4 Å².